The molecule has 3 unspecified atom stereocenters. The molecule has 5 heteroatoms. The van der Waals surface area contributed by atoms with Gasteiger partial charge in [0.05, 0.1) is 18.7 Å². The van der Waals surface area contributed by atoms with Gasteiger partial charge in [-0.3, -0.25) is 14.6 Å². The Morgan fingerprint density at radius 2 is 1.89 bits per heavy atom. The van der Waals surface area contributed by atoms with Gasteiger partial charge in [-0.2, -0.15) is 0 Å². The molecule has 1 radical (unpaired) electrons. The first kappa shape index (κ1) is 24.2. The number of carbonyl (C=O) groups excluding carboxylic acids is 2. The molecule has 2 aliphatic rings. The van der Waals surface area contributed by atoms with Gasteiger partial charge >= 0.3 is 0 Å². The Labute approximate surface area is 213 Å². The number of ether oxygens (including phenoxy) is 1. The first-order chi connectivity index (χ1) is 17.6. The largest absolute Gasteiger partial charge is 0.492 e. The minimum atomic E-state index is -0.200. The smallest absolute Gasteiger partial charge is 0.232 e. The summed E-state index contributed by atoms with van der Waals surface area (Å²) in [4.78, 5) is 29.1. The molecule has 0 spiro atoms. The average molecular weight is 482 g/mol. The predicted octanol–water partition coefficient (Wildman–Crippen LogP) is 6.58. The highest BCUT2D eigenvalue weighted by molar-refractivity contribution is 5.97. The van der Waals surface area contributed by atoms with E-state index < -0.39 is 0 Å². The van der Waals surface area contributed by atoms with Crippen LogP contribution in [0.1, 0.15) is 67.6 Å². The van der Waals surface area contributed by atoms with Crippen LogP contribution in [0.2, 0.25) is 0 Å². The molecule has 0 bridgehead atoms. The molecule has 3 aromatic rings. The lowest BCUT2D eigenvalue weighted by Gasteiger charge is -2.24. The molecule has 1 heterocycles. The van der Waals surface area contributed by atoms with Gasteiger partial charge in [0, 0.05) is 23.4 Å². The molecule has 36 heavy (non-hydrogen) atoms. The Morgan fingerprint density at radius 1 is 1.11 bits per heavy atom. The number of benzene rings is 2. The van der Waals surface area contributed by atoms with Gasteiger partial charge in [-0.15, -0.1) is 0 Å². The van der Waals surface area contributed by atoms with Crippen LogP contribution in [0.3, 0.4) is 0 Å². The average Bonchev–Trinajstić information content (AvgIpc) is 3.49. The minimum Gasteiger partial charge on any atom is -0.492 e. The highest BCUT2D eigenvalue weighted by atomic mass is 16.5. The predicted molar refractivity (Wildman–Crippen MR) is 142 cm³/mol. The van der Waals surface area contributed by atoms with Crippen molar-refractivity contribution in [3.63, 3.8) is 0 Å². The third-order valence-corrected chi connectivity index (χ3v) is 7.76. The second-order valence-corrected chi connectivity index (χ2v) is 10.1. The topological polar surface area (TPSA) is 68.3 Å². The second kappa shape index (κ2) is 10.7. The number of nitrogens with zero attached hydrogens (tertiary/aromatic N) is 1. The molecule has 2 fully saturated rings. The maximum Gasteiger partial charge on any atom is 0.232 e. The van der Waals surface area contributed by atoms with Crippen LogP contribution >= 0.6 is 0 Å². The SMILES string of the molecule is CCOc1cncc(-c2ccc(C(C(=O)Nc3cccc(C4CC4[C]=O)c3C)C3CCCC3)cc2)c1. The standard InChI is InChI=1S/C31H33N2O3/c1-3-36-26-15-24(17-32-18-26)21-11-13-23(14-12-21)30(22-7-4-5-8-22)31(35)33-29-10-6-9-27(20(29)2)28-16-25(28)19-34/h6,9-15,17-18,22,25,28,30H,3-5,7-8,16H2,1-2H3,(H,33,35). The minimum absolute atomic E-state index is 0.0103. The maximum atomic E-state index is 13.7. The Hall–Kier alpha value is -3.47. The highest BCUT2D eigenvalue weighted by Gasteiger charge is 2.40. The third-order valence-electron chi connectivity index (χ3n) is 7.76. The van der Waals surface area contributed by atoms with E-state index in [2.05, 4.69) is 46.9 Å². The van der Waals surface area contributed by atoms with E-state index in [0.29, 0.717) is 12.5 Å². The van der Waals surface area contributed by atoms with E-state index in [1.165, 1.54) is 12.8 Å². The summed E-state index contributed by atoms with van der Waals surface area (Å²) in [5, 5.41) is 3.25. The number of hydrogen-bond acceptors (Lipinski definition) is 4. The lowest BCUT2D eigenvalue weighted by molar-refractivity contribution is -0.118. The number of carbonyl (C=O) groups is 1. The van der Waals surface area contributed by atoms with Crippen molar-refractivity contribution in [2.45, 2.75) is 57.8 Å². The van der Waals surface area contributed by atoms with Crippen LogP contribution in [-0.2, 0) is 9.59 Å². The van der Waals surface area contributed by atoms with Crippen molar-refractivity contribution < 1.29 is 14.3 Å². The van der Waals surface area contributed by atoms with E-state index >= 15 is 0 Å². The van der Waals surface area contributed by atoms with Gasteiger partial charge < -0.3 is 10.1 Å². The fraction of sp³-hybridized carbons (Fsp3) is 0.387. The summed E-state index contributed by atoms with van der Waals surface area (Å²) in [5.74, 6) is 1.15. The van der Waals surface area contributed by atoms with Gasteiger partial charge in [-0.1, -0.05) is 49.2 Å². The van der Waals surface area contributed by atoms with Gasteiger partial charge in [0.2, 0.25) is 12.2 Å². The van der Waals surface area contributed by atoms with Crippen molar-refractivity contribution in [3.8, 4) is 16.9 Å². The fourth-order valence-electron chi connectivity index (χ4n) is 5.70. The van der Waals surface area contributed by atoms with E-state index in [-0.39, 0.29) is 23.7 Å². The first-order valence-electron chi connectivity index (χ1n) is 13.0. The van der Waals surface area contributed by atoms with Crippen LogP contribution in [0.25, 0.3) is 11.1 Å². The number of anilines is 1. The molecule has 1 amide bonds. The van der Waals surface area contributed by atoms with Crippen LogP contribution in [0, 0.1) is 18.8 Å². The Bertz CT molecular complexity index is 1230. The summed E-state index contributed by atoms with van der Waals surface area (Å²) in [6, 6.07) is 16.3. The molecule has 5 nitrogen and oxygen atoms in total. The van der Waals surface area contributed by atoms with E-state index in [1.54, 1.807) is 6.20 Å². The van der Waals surface area contributed by atoms with Crippen LogP contribution in [-0.4, -0.2) is 23.8 Å². The van der Waals surface area contributed by atoms with Crippen molar-refractivity contribution in [2.75, 3.05) is 11.9 Å². The summed E-state index contributed by atoms with van der Waals surface area (Å²) in [5.41, 5.74) is 6.12. The monoisotopic (exact) mass is 481 g/mol. The zero-order chi connectivity index (χ0) is 25.1. The van der Waals surface area contributed by atoms with E-state index in [4.69, 9.17) is 4.74 Å². The zero-order valence-corrected chi connectivity index (χ0v) is 21.0. The number of aromatic nitrogens is 1. The number of nitrogens with one attached hydrogen (secondary N) is 1. The molecule has 2 aromatic carbocycles. The van der Waals surface area contributed by atoms with Crippen molar-refractivity contribution in [3.05, 3.63) is 77.6 Å². The van der Waals surface area contributed by atoms with Gasteiger partial charge in [0.25, 0.3) is 0 Å². The number of hydrogen-bond donors (Lipinski definition) is 1. The quantitative estimate of drug-likeness (QED) is 0.375. The highest BCUT2D eigenvalue weighted by Crippen LogP contribution is 2.48. The molecule has 5 rings (SSSR count). The second-order valence-electron chi connectivity index (χ2n) is 10.1. The normalized spacial score (nSPS) is 20.1. The van der Waals surface area contributed by atoms with Crippen molar-refractivity contribution in [2.24, 2.45) is 11.8 Å². The van der Waals surface area contributed by atoms with Crippen LogP contribution in [0.15, 0.2) is 60.9 Å². The first-order valence-corrected chi connectivity index (χ1v) is 13.0. The van der Waals surface area contributed by atoms with Crippen LogP contribution < -0.4 is 10.1 Å². The molecular weight excluding hydrogens is 448 g/mol. The van der Waals surface area contributed by atoms with Crippen molar-refractivity contribution in [1.29, 1.82) is 0 Å². The van der Waals surface area contributed by atoms with Crippen molar-refractivity contribution >= 4 is 17.9 Å². The number of rotatable bonds is 9. The third kappa shape index (κ3) is 5.06. The van der Waals surface area contributed by atoms with Crippen LogP contribution in [0.4, 0.5) is 5.69 Å². The molecule has 2 aliphatic carbocycles. The molecule has 1 N–H and O–H groups in total. The van der Waals surface area contributed by atoms with Gasteiger partial charge in [0.1, 0.15) is 5.75 Å². The fourth-order valence-corrected chi connectivity index (χ4v) is 5.70. The Morgan fingerprint density at radius 3 is 2.58 bits per heavy atom. The maximum absolute atomic E-state index is 13.7. The summed E-state index contributed by atoms with van der Waals surface area (Å²) < 4.78 is 5.60. The Kier molecular flexibility index (Phi) is 7.17. The molecule has 0 aliphatic heterocycles. The number of amides is 1. The van der Waals surface area contributed by atoms with E-state index in [1.807, 2.05) is 38.2 Å². The Balaban J connectivity index is 1.39. The number of pyridine rings is 1. The molecule has 185 valence electrons. The zero-order valence-electron chi connectivity index (χ0n) is 21.0. The summed E-state index contributed by atoms with van der Waals surface area (Å²) >= 11 is 0. The molecule has 2 saturated carbocycles. The van der Waals surface area contributed by atoms with E-state index in [9.17, 15) is 9.59 Å². The lowest BCUT2D eigenvalue weighted by Crippen LogP contribution is -2.27. The lowest BCUT2D eigenvalue weighted by atomic mass is 9.83. The van der Waals surface area contributed by atoms with Gasteiger partial charge in [0.15, 0.2) is 0 Å². The molecule has 0 saturated heterocycles. The molecule has 1 aromatic heterocycles. The van der Waals surface area contributed by atoms with E-state index in [0.717, 1.165) is 58.5 Å². The van der Waals surface area contributed by atoms with Crippen LogP contribution in [0.5, 0.6) is 5.75 Å². The summed E-state index contributed by atoms with van der Waals surface area (Å²) in [6.45, 7) is 4.59. The van der Waals surface area contributed by atoms with Gasteiger partial charge in [-0.05, 0) is 79.3 Å². The van der Waals surface area contributed by atoms with Gasteiger partial charge in [-0.25, -0.2) is 0 Å². The molecule has 3 atom stereocenters. The summed E-state index contributed by atoms with van der Waals surface area (Å²) in [6.07, 6.45) is 11.0. The summed E-state index contributed by atoms with van der Waals surface area (Å²) in [7, 11) is 0. The van der Waals surface area contributed by atoms with Crippen molar-refractivity contribution in [1.82, 2.24) is 4.98 Å². The molecular formula is C31H33N2O3.